The van der Waals surface area contributed by atoms with E-state index in [2.05, 4.69) is 10.1 Å². The van der Waals surface area contributed by atoms with Gasteiger partial charge in [-0.2, -0.15) is 26.3 Å². The molecule has 0 aliphatic heterocycles. The molecule has 4 nitrogen and oxygen atoms in total. The maximum Gasteiger partial charge on any atom is 0.442 e. The maximum atomic E-state index is 13.8. The minimum Gasteiger partial charge on any atom is -0.430 e. The SMILES string of the molecule is O=C(Nc1ccc(C(OC(=O)c2cccs2)(C(F)(F)F)C(F)(F)F)cc1)c1cccs1. The highest BCUT2D eigenvalue weighted by molar-refractivity contribution is 7.12. The second-order valence-electron chi connectivity index (χ2n) is 6.05. The standard InChI is InChI=1S/C19H11F6NO3S2/c20-18(21,22)17(19(23,24)25,29-16(28)14-4-2-10-31-14)11-5-7-12(8-6-11)26-15(27)13-3-1-9-30-13/h1-10H,(H,26,27). The van der Waals surface area contributed by atoms with E-state index in [1.54, 1.807) is 11.4 Å². The maximum absolute atomic E-state index is 13.8. The lowest BCUT2D eigenvalue weighted by molar-refractivity contribution is -0.373. The number of carbonyl (C=O) groups excluding carboxylic acids is 2. The van der Waals surface area contributed by atoms with Crippen molar-refractivity contribution in [2.24, 2.45) is 0 Å². The van der Waals surface area contributed by atoms with Gasteiger partial charge in [-0.3, -0.25) is 4.79 Å². The van der Waals surface area contributed by atoms with Crippen molar-refractivity contribution in [3.8, 4) is 0 Å². The molecule has 1 aromatic carbocycles. The van der Waals surface area contributed by atoms with E-state index in [0.717, 1.165) is 29.5 Å². The third-order valence-electron chi connectivity index (χ3n) is 4.06. The fourth-order valence-electron chi connectivity index (χ4n) is 2.64. The Labute approximate surface area is 179 Å². The molecule has 0 aliphatic rings. The van der Waals surface area contributed by atoms with Crippen LogP contribution in [0, 0.1) is 0 Å². The van der Waals surface area contributed by atoms with Crippen molar-refractivity contribution < 1.29 is 40.7 Å². The summed E-state index contributed by atoms with van der Waals surface area (Å²) in [5.74, 6) is -2.34. The van der Waals surface area contributed by atoms with Crippen LogP contribution >= 0.6 is 22.7 Å². The second-order valence-corrected chi connectivity index (χ2v) is 7.95. The van der Waals surface area contributed by atoms with E-state index in [1.165, 1.54) is 17.5 Å². The van der Waals surface area contributed by atoms with E-state index in [-0.39, 0.29) is 5.69 Å². The van der Waals surface area contributed by atoms with E-state index in [9.17, 15) is 35.9 Å². The van der Waals surface area contributed by atoms with Crippen LogP contribution in [0.5, 0.6) is 0 Å². The first-order chi connectivity index (χ1) is 14.5. The first-order valence-electron chi connectivity index (χ1n) is 8.31. The minimum atomic E-state index is -6.01. The first kappa shape index (κ1) is 22.8. The van der Waals surface area contributed by atoms with Crippen LogP contribution in [0.15, 0.2) is 59.3 Å². The molecule has 0 unspecified atom stereocenters. The van der Waals surface area contributed by atoms with Crippen LogP contribution in [0.2, 0.25) is 0 Å². The number of halogens is 6. The van der Waals surface area contributed by atoms with Crippen LogP contribution < -0.4 is 5.32 Å². The number of hydrogen-bond donors (Lipinski definition) is 1. The zero-order valence-corrected chi connectivity index (χ0v) is 16.7. The molecule has 0 saturated carbocycles. The molecule has 12 heteroatoms. The number of benzene rings is 1. The van der Waals surface area contributed by atoms with Gasteiger partial charge in [-0.05, 0) is 35.0 Å². The summed E-state index contributed by atoms with van der Waals surface area (Å²) in [6.07, 6.45) is -12.0. The fourth-order valence-corrected chi connectivity index (χ4v) is 3.85. The number of ether oxygens (including phenoxy) is 1. The highest BCUT2D eigenvalue weighted by Crippen LogP contribution is 2.53. The number of hydrogen-bond acceptors (Lipinski definition) is 5. The van der Waals surface area contributed by atoms with Crippen molar-refractivity contribution in [1.29, 1.82) is 0 Å². The largest absolute Gasteiger partial charge is 0.442 e. The first-order valence-corrected chi connectivity index (χ1v) is 10.1. The summed E-state index contributed by atoms with van der Waals surface area (Å²) >= 11 is 1.74. The van der Waals surface area contributed by atoms with Gasteiger partial charge >= 0.3 is 23.9 Å². The minimum absolute atomic E-state index is 0.0371. The Hall–Kier alpha value is -2.86. The Kier molecular flexibility index (Phi) is 6.14. The third-order valence-corrected chi connectivity index (χ3v) is 5.78. The van der Waals surface area contributed by atoms with E-state index in [1.807, 2.05) is 0 Å². The van der Waals surface area contributed by atoms with Gasteiger partial charge in [0.05, 0.1) is 4.88 Å². The molecule has 3 aromatic rings. The van der Waals surface area contributed by atoms with Gasteiger partial charge in [0.2, 0.25) is 0 Å². The highest BCUT2D eigenvalue weighted by atomic mass is 32.1. The summed E-state index contributed by atoms with van der Waals surface area (Å²) in [5.41, 5.74) is -6.28. The predicted octanol–water partition coefficient (Wildman–Crippen LogP) is 6.24. The Morgan fingerprint density at radius 3 is 1.74 bits per heavy atom. The number of carbonyl (C=O) groups is 2. The van der Waals surface area contributed by atoms with Gasteiger partial charge in [0.1, 0.15) is 4.88 Å². The number of rotatable bonds is 5. The molecular formula is C19H11F6NO3S2. The second kappa shape index (κ2) is 8.35. The Bertz CT molecular complexity index is 1030. The molecule has 0 saturated heterocycles. The predicted molar refractivity (Wildman–Crippen MR) is 102 cm³/mol. The van der Waals surface area contributed by atoms with Gasteiger partial charge < -0.3 is 10.1 Å². The molecule has 0 spiro atoms. The molecule has 0 radical (unpaired) electrons. The van der Waals surface area contributed by atoms with Crippen LogP contribution in [-0.4, -0.2) is 24.2 Å². The summed E-state index contributed by atoms with van der Waals surface area (Å²) in [6, 6.07) is 8.18. The summed E-state index contributed by atoms with van der Waals surface area (Å²) < 4.78 is 86.9. The number of amides is 1. The van der Waals surface area contributed by atoms with Crippen LogP contribution in [0.1, 0.15) is 24.9 Å². The van der Waals surface area contributed by atoms with Gasteiger partial charge in [0.15, 0.2) is 0 Å². The molecule has 0 aliphatic carbocycles. The zero-order valence-electron chi connectivity index (χ0n) is 15.1. The normalized spacial score (nSPS) is 12.5. The van der Waals surface area contributed by atoms with Crippen molar-refractivity contribution in [2.75, 3.05) is 5.32 Å². The van der Waals surface area contributed by atoms with E-state index < -0.39 is 40.3 Å². The van der Waals surface area contributed by atoms with Crippen LogP contribution in [0.4, 0.5) is 32.0 Å². The average molecular weight is 479 g/mol. The van der Waals surface area contributed by atoms with E-state index in [0.29, 0.717) is 28.3 Å². The summed E-state index contributed by atoms with van der Waals surface area (Å²) in [7, 11) is 0. The summed E-state index contributed by atoms with van der Waals surface area (Å²) in [6.45, 7) is 0. The Morgan fingerprint density at radius 1 is 0.774 bits per heavy atom. The molecule has 0 bridgehead atoms. The monoisotopic (exact) mass is 479 g/mol. The molecule has 3 rings (SSSR count). The van der Waals surface area contributed by atoms with Gasteiger partial charge in [-0.1, -0.05) is 24.3 Å². The van der Waals surface area contributed by atoms with Gasteiger partial charge in [-0.15, -0.1) is 22.7 Å². The van der Waals surface area contributed by atoms with Crippen molar-refractivity contribution in [1.82, 2.24) is 0 Å². The number of thiophene rings is 2. The molecule has 0 atom stereocenters. The number of nitrogens with one attached hydrogen (secondary N) is 1. The molecular weight excluding hydrogens is 468 g/mol. The van der Waals surface area contributed by atoms with E-state index in [4.69, 9.17) is 0 Å². The quantitative estimate of drug-likeness (QED) is 0.348. The Morgan fingerprint density at radius 2 is 1.29 bits per heavy atom. The molecule has 2 aromatic heterocycles. The molecule has 31 heavy (non-hydrogen) atoms. The van der Waals surface area contributed by atoms with Gasteiger partial charge in [0, 0.05) is 11.3 Å². The highest BCUT2D eigenvalue weighted by Gasteiger charge is 2.75. The topological polar surface area (TPSA) is 55.4 Å². The smallest absolute Gasteiger partial charge is 0.430 e. The number of alkyl halides is 6. The van der Waals surface area contributed by atoms with Crippen LogP contribution in [0.3, 0.4) is 0 Å². The van der Waals surface area contributed by atoms with Crippen molar-refractivity contribution in [3.05, 3.63) is 74.6 Å². The van der Waals surface area contributed by atoms with Crippen LogP contribution in [0.25, 0.3) is 0 Å². The molecule has 164 valence electrons. The van der Waals surface area contributed by atoms with Crippen LogP contribution in [-0.2, 0) is 10.3 Å². The van der Waals surface area contributed by atoms with Crippen molar-refractivity contribution in [2.45, 2.75) is 18.0 Å². The molecule has 1 amide bonds. The molecule has 1 N–H and O–H groups in total. The lowest BCUT2D eigenvalue weighted by Crippen LogP contribution is -2.56. The van der Waals surface area contributed by atoms with Crippen molar-refractivity contribution >= 4 is 40.2 Å². The average Bonchev–Trinajstić information content (AvgIpc) is 3.38. The summed E-state index contributed by atoms with van der Waals surface area (Å²) in [4.78, 5) is 24.0. The Balaban J connectivity index is 1.99. The van der Waals surface area contributed by atoms with Crippen molar-refractivity contribution in [3.63, 3.8) is 0 Å². The van der Waals surface area contributed by atoms with Gasteiger partial charge in [-0.25, -0.2) is 4.79 Å². The third kappa shape index (κ3) is 4.44. The zero-order chi connectivity index (χ0) is 22.9. The number of anilines is 1. The summed E-state index contributed by atoms with van der Waals surface area (Å²) in [5, 5.41) is 5.30. The van der Waals surface area contributed by atoms with E-state index >= 15 is 0 Å². The molecule has 0 fully saturated rings. The lowest BCUT2D eigenvalue weighted by atomic mass is 9.91. The van der Waals surface area contributed by atoms with Gasteiger partial charge in [0.25, 0.3) is 5.91 Å². The fraction of sp³-hybridized carbons (Fsp3) is 0.158. The molecule has 2 heterocycles. The lowest BCUT2D eigenvalue weighted by Gasteiger charge is -2.36. The number of esters is 1.